The molecule has 0 spiro atoms. The van der Waals surface area contributed by atoms with E-state index in [1.165, 1.54) is 11.8 Å². The van der Waals surface area contributed by atoms with Crippen molar-refractivity contribution >= 4 is 52.2 Å². The van der Waals surface area contributed by atoms with E-state index in [1.807, 2.05) is 47.8 Å². The number of carbonyl (C=O) groups is 1. The van der Waals surface area contributed by atoms with Crippen LogP contribution in [0.1, 0.15) is 0 Å². The fraction of sp³-hybridized carbons (Fsp3) is 0.190. The standard InChI is InChI=1S/C21H21Cl2N5OS/c1-4-9-28-20(14-5-7-18(8-6-14)27(2)3)25-26-21(28)30-13-19(29)24-17-11-15(22)10-16(23)12-17/h4-8,10-12H,1,9,13H2,2-3H3,(H,24,29). The summed E-state index contributed by atoms with van der Waals surface area (Å²) in [7, 11) is 3.98. The molecule has 9 heteroatoms. The van der Waals surface area contributed by atoms with Crippen LogP contribution in [-0.2, 0) is 11.3 Å². The monoisotopic (exact) mass is 461 g/mol. The third-order valence-electron chi connectivity index (χ3n) is 4.15. The van der Waals surface area contributed by atoms with Crippen molar-refractivity contribution in [3.8, 4) is 11.4 Å². The number of aromatic nitrogens is 3. The second kappa shape index (κ2) is 10.0. The molecule has 0 bridgehead atoms. The van der Waals surface area contributed by atoms with Crippen molar-refractivity contribution in [1.82, 2.24) is 14.8 Å². The minimum atomic E-state index is -0.191. The maximum Gasteiger partial charge on any atom is 0.234 e. The molecule has 0 aliphatic heterocycles. The molecule has 6 nitrogen and oxygen atoms in total. The number of allylic oxidation sites excluding steroid dienone is 1. The van der Waals surface area contributed by atoms with Crippen LogP contribution in [0.3, 0.4) is 0 Å². The molecule has 3 rings (SSSR count). The highest BCUT2D eigenvalue weighted by Gasteiger charge is 2.15. The zero-order valence-corrected chi connectivity index (χ0v) is 18.9. The van der Waals surface area contributed by atoms with Gasteiger partial charge in [0.15, 0.2) is 11.0 Å². The normalized spacial score (nSPS) is 10.7. The molecule has 3 aromatic rings. The minimum Gasteiger partial charge on any atom is -0.378 e. The number of anilines is 2. The molecule has 1 heterocycles. The van der Waals surface area contributed by atoms with E-state index in [0.717, 1.165) is 17.1 Å². The van der Waals surface area contributed by atoms with E-state index < -0.39 is 0 Å². The zero-order chi connectivity index (χ0) is 21.7. The number of hydrogen-bond donors (Lipinski definition) is 1. The first-order valence-electron chi connectivity index (χ1n) is 9.08. The van der Waals surface area contributed by atoms with Crippen LogP contribution in [0.5, 0.6) is 0 Å². The Bertz CT molecular complexity index is 1030. The van der Waals surface area contributed by atoms with Crippen LogP contribution in [0, 0.1) is 0 Å². The molecule has 0 saturated heterocycles. The highest BCUT2D eigenvalue weighted by atomic mass is 35.5. The van der Waals surface area contributed by atoms with Crippen LogP contribution < -0.4 is 10.2 Å². The number of amides is 1. The Balaban J connectivity index is 1.73. The summed E-state index contributed by atoms with van der Waals surface area (Å²) in [6, 6.07) is 13.0. The first-order chi connectivity index (χ1) is 14.4. The topological polar surface area (TPSA) is 63.1 Å². The van der Waals surface area contributed by atoms with Crippen LogP contribution in [0.15, 0.2) is 60.3 Å². The summed E-state index contributed by atoms with van der Waals surface area (Å²) < 4.78 is 1.94. The van der Waals surface area contributed by atoms with E-state index >= 15 is 0 Å². The predicted molar refractivity (Wildman–Crippen MR) is 126 cm³/mol. The van der Waals surface area contributed by atoms with E-state index in [4.69, 9.17) is 23.2 Å². The van der Waals surface area contributed by atoms with Gasteiger partial charge in [-0.25, -0.2) is 0 Å². The molecule has 0 aliphatic rings. The predicted octanol–water partition coefficient (Wildman–Crippen LogP) is 5.23. The van der Waals surface area contributed by atoms with E-state index in [-0.39, 0.29) is 11.7 Å². The maximum absolute atomic E-state index is 12.4. The second-order valence-electron chi connectivity index (χ2n) is 6.64. The average Bonchev–Trinajstić information content (AvgIpc) is 3.08. The summed E-state index contributed by atoms with van der Waals surface area (Å²) >= 11 is 13.3. The van der Waals surface area contributed by atoms with Gasteiger partial charge in [0.2, 0.25) is 5.91 Å². The summed E-state index contributed by atoms with van der Waals surface area (Å²) in [5.41, 5.74) is 2.59. The molecule has 0 unspecified atom stereocenters. The summed E-state index contributed by atoms with van der Waals surface area (Å²) in [5, 5.41) is 12.9. The minimum absolute atomic E-state index is 0.166. The van der Waals surface area contributed by atoms with E-state index in [0.29, 0.717) is 27.4 Å². The van der Waals surface area contributed by atoms with Gasteiger partial charge in [-0.3, -0.25) is 9.36 Å². The summed E-state index contributed by atoms with van der Waals surface area (Å²) in [5.74, 6) is 0.701. The Kier molecular flexibility index (Phi) is 7.42. The molecular formula is C21H21Cl2N5OS. The van der Waals surface area contributed by atoms with E-state index in [9.17, 15) is 4.79 Å². The van der Waals surface area contributed by atoms with Crippen molar-refractivity contribution in [2.75, 3.05) is 30.1 Å². The molecule has 1 amide bonds. The number of nitrogens with one attached hydrogen (secondary N) is 1. The molecule has 0 atom stereocenters. The van der Waals surface area contributed by atoms with Gasteiger partial charge in [0.05, 0.1) is 5.75 Å². The number of nitrogens with zero attached hydrogens (tertiary/aromatic N) is 4. The van der Waals surface area contributed by atoms with Gasteiger partial charge in [0.1, 0.15) is 0 Å². The Morgan fingerprint density at radius 1 is 1.17 bits per heavy atom. The van der Waals surface area contributed by atoms with Crippen molar-refractivity contribution in [3.63, 3.8) is 0 Å². The second-order valence-corrected chi connectivity index (χ2v) is 8.46. The van der Waals surface area contributed by atoms with E-state index in [2.05, 4.69) is 22.1 Å². The molecule has 0 aliphatic carbocycles. The van der Waals surface area contributed by atoms with Gasteiger partial charge in [-0.15, -0.1) is 16.8 Å². The SMILES string of the molecule is C=CCn1c(SCC(=O)Nc2cc(Cl)cc(Cl)c2)nnc1-c1ccc(N(C)C)cc1. The summed E-state index contributed by atoms with van der Waals surface area (Å²) in [6.07, 6.45) is 1.78. The molecule has 2 aromatic carbocycles. The molecule has 1 aromatic heterocycles. The lowest BCUT2D eigenvalue weighted by Gasteiger charge is -2.13. The van der Waals surface area contributed by atoms with Gasteiger partial charge in [-0.2, -0.15) is 0 Å². The van der Waals surface area contributed by atoms with Crippen LogP contribution in [0.2, 0.25) is 10.0 Å². The van der Waals surface area contributed by atoms with E-state index in [1.54, 1.807) is 24.3 Å². The Labute approximate surface area is 189 Å². The highest BCUT2D eigenvalue weighted by Crippen LogP contribution is 2.26. The number of hydrogen-bond acceptors (Lipinski definition) is 5. The Morgan fingerprint density at radius 3 is 2.43 bits per heavy atom. The quantitative estimate of drug-likeness (QED) is 0.367. The fourth-order valence-corrected chi connectivity index (χ4v) is 4.04. The third-order valence-corrected chi connectivity index (χ3v) is 5.55. The Hall–Kier alpha value is -2.48. The summed E-state index contributed by atoms with van der Waals surface area (Å²) in [6.45, 7) is 4.35. The van der Waals surface area contributed by atoms with Crippen LogP contribution in [-0.4, -0.2) is 40.5 Å². The fourth-order valence-electron chi connectivity index (χ4n) is 2.76. The Morgan fingerprint density at radius 2 is 1.83 bits per heavy atom. The van der Waals surface area contributed by atoms with Gasteiger partial charge in [-0.1, -0.05) is 41.0 Å². The molecule has 156 valence electrons. The largest absolute Gasteiger partial charge is 0.378 e. The maximum atomic E-state index is 12.4. The van der Waals surface area contributed by atoms with Gasteiger partial charge in [0, 0.05) is 47.6 Å². The number of carbonyl (C=O) groups excluding carboxylic acids is 1. The van der Waals surface area contributed by atoms with Crippen LogP contribution in [0.25, 0.3) is 11.4 Å². The molecular weight excluding hydrogens is 441 g/mol. The van der Waals surface area contributed by atoms with Crippen molar-refractivity contribution in [3.05, 3.63) is 65.2 Å². The first-order valence-corrected chi connectivity index (χ1v) is 10.8. The smallest absolute Gasteiger partial charge is 0.234 e. The van der Waals surface area contributed by atoms with Crippen molar-refractivity contribution < 1.29 is 4.79 Å². The van der Waals surface area contributed by atoms with Gasteiger partial charge in [0.25, 0.3) is 0 Å². The van der Waals surface area contributed by atoms with Gasteiger partial charge < -0.3 is 10.2 Å². The molecule has 1 N–H and O–H groups in total. The molecule has 0 fully saturated rings. The lowest BCUT2D eigenvalue weighted by molar-refractivity contribution is -0.113. The third kappa shape index (κ3) is 5.56. The molecule has 0 saturated carbocycles. The zero-order valence-electron chi connectivity index (χ0n) is 16.6. The number of halogens is 2. The highest BCUT2D eigenvalue weighted by molar-refractivity contribution is 7.99. The van der Waals surface area contributed by atoms with Crippen molar-refractivity contribution in [1.29, 1.82) is 0 Å². The number of rotatable bonds is 8. The first kappa shape index (κ1) is 22.2. The van der Waals surface area contributed by atoms with Crippen molar-refractivity contribution in [2.45, 2.75) is 11.7 Å². The molecule has 30 heavy (non-hydrogen) atoms. The van der Waals surface area contributed by atoms with Crippen LogP contribution >= 0.6 is 35.0 Å². The average molecular weight is 462 g/mol. The van der Waals surface area contributed by atoms with Crippen molar-refractivity contribution in [2.24, 2.45) is 0 Å². The summed E-state index contributed by atoms with van der Waals surface area (Å²) in [4.78, 5) is 14.4. The van der Waals surface area contributed by atoms with Gasteiger partial charge >= 0.3 is 0 Å². The lowest BCUT2D eigenvalue weighted by atomic mass is 10.2. The molecule has 0 radical (unpaired) electrons. The number of benzene rings is 2. The van der Waals surface area contributed by atoms with Crippen LogP contribution in [0.4, 0.5) is 11.4 Å². The van der Waals surface area contributed by atoms with Gasteiger partial charge in [-0.05, 0) is 42.5 Å². The number of thioether (sulfide) groups is 1. The lowest BCUT2D eigenvalue weighted by Crippen LogP contribution is -2.14.